The van der Waals surface area contributed by atoms with E-state index in [1.165, 1.54) is 0 Å². The van der Waals surface area contributed by atoms with E-state index >= 15 is 0 Å². The molecular weight excluding hydrogens is 254 g/mol. The summed E-state index contributed by atoms with van der Waals surface area (Å²) < 4.78 is 5.33. The summed E-state index contributed by atoms with van der Waals surface area (Å²) in [6, 6.07) is 0.284. The summed E-state index contributed by atoms with van der Waals surface area (Å²) in [6.07, 6.45) is 1.83. The highest BCUT2D eigenvalue weighted by atomic mass is 16.5. The number of nitrogens with zero attached hydrogens (tertiary/aromatic N) is 4. The molecule has 1 aromatic rings. The van der Waals surface area contributed by atoms with Gasteiger partial charge in [-0.25, -0.2) is 0 Å². The second-order valence-electron chi connectivity index (χ2n) is 6.06. The van der Waals surface area contributed by atoms with E-state index in [1.54, 1.807) is 0 Å². The molecule has 0 aromatic carbocycles. The molecule has 0 bridgehead atoms. The van der Waals surface area contributed by atoms with Crippen LogP contribution in [0.5, 0.6) is 0 Å². The lowest BCUT2D eigenvalue weighted by molar-refractivity contribution is 0.113. The van der Waals surface area contributed by atoms with Gasteiger partial charge in [-0.2, -0.15) is 4.98 Å². The molecule has 1 fully saturated rings. The zero-order valence-corrected chi connectivity index (χ0v) is 13.0. The molecule has 1 aliphatic rings. The van der Waals surface area contributed by atoms with Crippen LogP contribution in [-0.4, -0.2) is 59.7 Å². The zero-order valence-electron chi connectivity index (χ0n) is 13.0. The summed E-state index contributed by atoms with van der Waals surface area (Å²) in [6.45, 7) is 7.46. The minimum atomic E-state index is -0.159. The highest BCUT2D eigenvalue weighted by Crippen LogP contribution is 2.20. The average Bonchev–Trinajstić information content (AvgIpc) is 2.89. The van der Waals surface area contributed by atoms with Crippen molar-refractivity contribution in [1.29, 1.82) is 0 Å². The Hall–Kier alpha value is -0.980. The van der Waals surface area contributed by atoms with Crippen LogP contribution in [0.15, 0.2) is 4.52 Å². The molecular formula is C14H27N5O. The average molecular weight is 281 g/mol. The van der Waals surface area contributed by atoms with Gasteiger partial charge in [0.05, 0.1) is 6.04 Å². The van der Waals surface area contributed by atoms with Crippen LogP contribution in [0.2, 0.25) is 0 Å². The number of aromatic nitrogens is 2. The van der Waals surface area contributed by atoms with Gasteiger partial charge in [-0.3, -0.25) is 0 Å². The predicted molar refractivity (Wildman–Crippen MR) is 78.3 cm³/mol. The molecule has 0 radical (unpaired) electrons. The number of piperazine rings is 1. The van der Waals surface area contributed by atoms with Crippen LogP contribution >= 0.6 is 0 Å². The van der Waals surface area contributed by atoms with Crippen molar-refractivity contribution in [3.8, 4) is 0 Å². The van der Waals surface area contributed by atoms with Crippen LogP contribution in [-0.2, 0) is 6.42 Å². The van der Waals surface area contributed by atoms with Crippen LogP contribution in [0.25, 0.3) is 0 Å². The predicted octanol–water partition coefficient (Wildman–Crippen LogP) is 0.904. The standard InChI is InChI=1S/C14H27N5O/c1-5-10(2)13(15)14-16-12(17-20-14)8-11-9-18(3)6-7-19(11)4/h10-11,13H,5-9,15H2,1-4H3/t10?,11?,13-/m0/s1. The summed E-state index contributed by atoms with van der Waals surface area (Å²) >= 11 is 0. The van der Waals surface area contributed by atoms with Crippen molar-refractivity contribution in [2.45, 2.75) is 38.8 Å². The third-order valence-electron chi connectivity index (χ3n) is 4.42. The van der Waals surface area contributed by atoms with Crippen LogP contribution < -0.4 is 5.73 Å². The number of rotatable bonds is 5. The molecule has 0 aliphatic carbocycles. The summed E-state index contributed by atoms with van der Waals surface area (Å²) in [7, 11) is 4.31. The highest BCUT2D eigenvalue weighted by molar-refractivity contribution is 4.97. The Morgan fingerprint density at radius 3 is 2.85 bits per heavy atom. The monoisotopic (exact) mass is 281 g/mol. The largest absolute Gasteiger partial charge is 0.338 e. The molecule has 2 N–H and O–H groups in total. The smallest absolute Gasteiger partial charge is 0.243 e. The van der Waals surface area contributed by atoms with Crippen molar-refractivity contribution in [3.63, 3.8) is 0 Å². The maximum absolute atomic E-state index is 6.13. The molecule has 1 saturated heterocycles. The molecule has 0 amide bonds. The second-order valence-corrected chi connectivity index (χ2v) is 6.06. The van der Waals surface area contributed by atoms with Gasteiger partial charge in [0.25, 0.3) is 0 Å². The maximum atomic E-state index is 6.13. The first-order chi connectivity index (χ1) is 9.51. The number of hydrogen-bond donors (Lipinski definition) is 1. The highest BCUT2D eigenvalue weighted by Gasteiger charge is 2.25. The Kier molecular flexibility index (Phi) is 5.12. The lowest BCUT2D eigenvalue weighted by Crippen LogP contribution is -2.50. The summed E-state index contributed by atoms with van der Waals surface area (Å²) in [5.41, 5.74) is 6.13. The first kappa shape index (κ1) is 15.4. The van der Waals surface area contributed by atoms with Gasteiger partial charge in [0, 0.05) is 32.1 Å². The van der Waals surface area contributed by atoms with E-state index in [0.29, 0.717) is 17.9 Å². The first-order valence-electron chi connectivity index (χ1n) is 7.48. The quantitative estimate of drug-likeness (QED) is 0.865. The maximum Gasteiger partial charge on any atom is 0.243 e. The summed E-state index contributed by atoms with van der Waals surface area (Å²) in [5.74, 6) is 1.69. The summed E-state index contributed by atoms with van der Waals surface area (Å²) in [4.78, 5) is 9.19. The lowest BCUT2D eigenvalue weighted by Gasteiger charge is -2.37. The van der Waals surface area contributed by atoms with E-state index in [1.807, 2.05) is 0 Å². The topological polar surface area (TPSA) is 71.4 Å². The molecule has 2 unspecified atom stereocenters. The third kappa shape index (κ3) is 3.56. The fraction of sp³-hybridized carbons (Fsp3) is 0.857. The number of hydrogen-bond acceptors (Lipinski definition) is 6. The van der Waals surface area contributed by atoms with E-state index in [4.69, 9.17) is 10.3 Å². The SMILES string of the molecule is CCC(C)[C@H](N)c1nc(CC2CN(C)CCN2C)no1. The fourth-order valence-corrected chi connectivity index (χ4v) is 2.52. The van der Waals surface area contributed by atoms with Crippen molar-refractivity contribution in [3.05, 3.63) is 11.7 Å². The zero-order chi connectivity index (χ0) is 14.7. The lowest BCUT2D eigenvalue weighted by atomic mass is 10.0. The van der Waals surface area contributed by atoms with E-state index < -0.39 is 0 Å². The Morgan fingerprint density at radius 1 is 1.40 bits per heavy atom. The fourth-order valence-electron chi connectivity index (χ4n) is 2.52. The number of likely N-dealkylation sites (N-methyl/N-ethyl adjacent to an activating group) is 2. The van der Waals surface area contributed by atoms with Crippen molar-refractivity contribution < 1.29 is 4.52 Å². The normalized spacial score (nSPS) is 24.8. The van der Waals surface area contributed by atoms with Gasteiger partial charge in [0.1, 0.15) is 0 Å². The van der Waals surface area contributed by atoms with Gasteiger partial charge in [-0.15, -0.1) is 0 Å². The van der Waals surface area contributed by atoms with Gasteiger partial charge in [0.2, 0.25) is 5.89 Å². The Balaban J connectivity index is 1.98. The van der Waals surface area contributed by atoms with Gasteiger partial charge in [0.15, 0.2) is 5.82 Å². The Morgan fingerprint density at radius 2 is 2.15 bits per heavy atom. The van der Waals surface area contributed by atoms with E-state index in [9.17, 15) is 0 Å². The third-order valence-corrected chi connectivity index (χ3v) is 4.42. The van der Waals surface area contributed by atoms with Crippen LogP contribution in [0.4, 0.5) is 0 Å². The summed E-state index contributed by atoms with van der Waals surface area (Å²) in [5, 5.41) is 4.10. The molecule has 2 rings (SSSR count). The molecule has 20 heavy (non-hydrogen) atoms. The molecule has 0 saturated carbocycles. The molecule has 1 aliphatic heterocycles. The molecule has 6 heteroatoms. The van der Waals surface area contributed by atoms with E-state index in [2.05, 4.69) is 47.9 Å². The minimum absolute atomic E-state index is 0.159. The second kappa shape index (κ2) is 6.65. The van der Waals surface area contributed by atoms with Crippen molar-refractivity contribution in [1.82, 2.24) is 19.9 Å². The first-order valence-corrected chi connectivity index (χ1v) is 7.48. The Bertz CT molecular complexity index is 421. The molecule has 3 atom stereocenters. The van der Waals surface area contributed by atoms with E-state index in [-0.39, 0.29) is 6.04 Å². The van der Waals surface area contributed by atoms with Crippen LogP contribution in [0, 0.1) is 5.92 Å². The van der Waals surface area contributed by atoms with Gasteiger partial charge >= 0.3 is 0 Å². The van der Waals surface area contributed by atoms with Gasteiger partial charge in [-0.1, -0.05) is 25.4 Å². The molecule has 2 heterocycles. The van der Waals surface area contributed by atoms with Gasteiger partial charge < -0.3 is 20.1 Å². The molecule has 114 valence electrons. The van der Waals surface area contributed by atoms with Crippen molar-refractivity contribution in [2.24, 2.45) is 11.7 Å². The van der Waals surface area contributed by atoms with E-state index in [0.717, 1.165) is 38.3 Å². The van der Waals surface area contributed by atoms with Crippen LogP contribution in [0.3, 0.4) is 0 Å². The molecule has 6 nitrogen and oxygen atoms in total. The van der Waals surface area contributed by atoms with Crippen LogP contribution in [0.1, 0.15) is 38.0 Å². The van der Waals surface area contributed by atoms with Crippen molar-refractivity contribution in [2.75, 3.05) is 33.7 Å². The Labute approximate surface area is 121 Å². The number of nitrogens with two attached hydrogens (primary N) is 1. The minimum Gasteiger partial charge on any atom is -0.338 e. The van der Waals surface area contributed by atoms with Crippen molar-refractivity contribution >= 4 is 0 Å². The van der Waals surface area contributed by atoms with Gasteiger partial charge in [-0.05, 0) is 20.0 Å². The molecule has 0 spiro atoms. The molecule has 1 aromatic heterocycles.